The molecule has 3 N–H and O–H groups in total. The molecule has 98 valence electrons. The van der Waals surface area contributed by atoms with Crippen molar-refractivity contribution in [1.29, 1.82) is 0 Å². The molecule has 5 nitrogen and oxygen atoms in total. The summed E-state index contributed by atoms with van der Waals surface area (Å²) in [6.07, 6.45) is 3.23. The summed E-state index contributed by atoms with van der Waals surface area (Å²) < 4.78 is 0. The highest BCUT2D eigenvalue weighted by Crippen LogP contribution is 2.41. The van der Waals surface area contributed by atoms with Crippen LogP contribution < -0.4 is 5.32 Å². The van der Waals surface area contributed by atoms with E-state index in [9.17, 15) is 9.59 Å². The molecule has 5 heteroatoms. The van der Waals surface area contributed by atoms with Gasteiger partial charge in [-0.05, 0) is 24.2 Å². The third-order valence-electron chi connectivity index (χ3n) is 3.69. The van der Waals surface area contributed by atoms with Crippen LogP contribution in [0.2, 0.25) is 0 Å². The van der Waals surface area contributed by atoms with E-state index in [1.165, 1.54) is 19.3 Å². The molecule has 0 aromatic carbocycles. The lowest BCUT2D eigenvalue weighted by Gasteiger charge is -2.41. The Labute approximate surface area is 101 Å². The molecule has 0 saturated heterocycles. The molecule has 0 radical (unpaired) electrons. The number of carboxylic acid groups (broad SMARTS) is 2. The zero-order chi connectivity index (χ0) is 13.1. The molecule has 17 heavy (non-hydrogen) atoms. The van der Waals surface area contributed by atoms with Crippen molar-refractivity contribution in [3.63, 3.8) is 0 Å². The summed E-state index contributed by atoms with van der Waals surface area (Å²) in [6.45, 7) is 4.74. The maximum atomic E-state index is 10.9. The van der Waals surface area contributed by atoms with E-state index >= 15 is 0 Å². The monoisotopic (exact) mass is 243 g/mol. The summed E-state index contributed by atoms with van der Waals surface area (Å²) >= 11 is 0. The number of hydrogen-bond acceptors (Lipinski definition) is 3. The second kappa shape index (κ2) is 5.49. The van der Waals surface area contributed by atoms with Crippen LogP contribution in [0.5, 0.6) is 0 Å². The average molecular weight is 243 g/mol. The maximum absolute atomic E-state index is 10.9. The Morgan fingerprint density at radius 1 is 1.35 bits per heavy atom. The van der Waals surface area contributed by atoms with Gasteiger partial charge in [0, 0.05) is 6.54 Å². The van der Waals surface area contributed by atoms with E-state index in [1.54, 1.807) is 0 Å². The molecule has 0 aromatic heterocycles. The van der Waals surface area contributed by atoms with Gasteiger partial charge in [-0.15, -0.1) is 0 Å². The normalized spacial score (nSPS) is 18.5. The first kappa shape index (κ1) is 14.0. The van der Waals surface area contributed by atoms with Crippen LogP contribution in [0, 0.1) is 11.3 Å². The van der Waals surface area contributed by atoms with Crippen LogP contribution in [0.3, 0.4) is 0 Å². The maximum Gasteiger partial charge on any atom is 0.321 e. The average Bonchev–Trinajstić information content (AvgIpc) is 2.07. The summed E-state index contributed by atoms with van der Waals surface area (Å²) in [7, 11) is 0. The molecule has 1 atom stereocenters. The van der Waals surface area contributed by atoms with E-state index < -0.39 is 18.0 Å². The lowest BCUT2D eigenvalue weighted by molar-refractivity contribution is -0.146. The number of carbonyl (C=O) groups is 2. The molecule has 0 aliphatic heterocycles. The van der Waals surface area contributed by atoms with E-state index in [1.807, 2.05) is 0 Å². The highest BCUT2D eigenvalue weighted by atomic mass is 16.4. The first-order valence-electron chi connectivity index (χ1n) is 6.01. The molecular weight excluding hydrogens is 222 g/mol. The lowest BCUT2D eigenvalue weighted by Crippen LogP contribution is -2.46. The molecule has 1 aliphatic rings. The van der Waals surface area contributed by atoms with E-state index in [2.05, 4.69) is 19.2 Å². The van der Waals surface area contributed by atoms with E-state index in [0.29, 0.717) is 12.5 Å². The molecule has 1 rings (SSSR count). The van der Waals surface area contributed by atoms with Gasteiger partial charge in [-0.3, -0.25) is 9.59 Å². The number of nitrogens with one attached hydrogen (secondary N) is 1. The minimum Gasteiger partial charge on any atom is -0.481 e. The number of hydrogen-bond donors (Lipinski definition) is 3. The van der Waals surface area contributed by atoms with Gasteiger partial charge < -0.3 is 15.5 Å². The topological polar surface area (TPSA) is 86.6 Å². The predicted molar refractivity (Wildman–Crippen MR) is 62.8 cm³/mol. The molecular formula is C12H21NO4. The van der Waals surface area contributed by atoms with Gasteiger partial charge in [0.2, 0.25) is 0 Å². The highest BCUT2D eigenvalue weighted by molar-refractivity contribution is 5.80. The first-order valence-corrected chi connectivity index (χ1v) is 6.01. The van der Waals surface area contributed by atoms with Crippen molar-refractivity contribution in [1.82, 2.24) is 5.32 Å². The summed E-state index contributed by atoms with van der Waals surface area (Å²) in [6, 6.07) is -0.994. The third-order valence-corrected chi connectivity index (χ3v) is 3.69. The van der Waals surface area contributed by atoms with Crippen LogP contribution in [0.1, 0.15) is 39.5 Å². The molecule has 0 bridgehead atoms. The van der Waals surface area contributed by atoms with Crippen molar-refractivity contribution in [2.75, 3.05) is 6.54 Å². The Bertz CT molecular complexity index is 297. The smallest absolute Gasteiger partial charge is 0.321 e. The van der Waals surface area contributed by atoms with Gasteiger partial charge in [0.25, 0.3) is 0 Å². The summed E-state index contributed by atoms with van der Waals surface area (Å²) in [5, 5.41) is 20.4. The number of rotatable bonds is 7. The Kier molecular flexibility index (Phi) is 4.51. The van der Waals surface area contributed by atoms with Gasteiger partial charge in [0.05, 0.1) is 6.42 Å². The Morgan fingerprint density at radius 2 is 1.94 bits per heavy atom. The minimum absolute atomic E-state index is 0.0322. The van der Waals surface area contributed by atoms with Crippen LogP contribution in [0.4, 0.5) is 0 Å². The third kappa shape index (κ3) is 4.00. The van der Waals surface area contributed by atoms with Crippen LogP contribution in [-0.4, -0.2) is 34.7 Å². The zero-order valence-corrected chi connectivity index (χ0v) is 10.4. The van der Waals surface area contributed by atoms with Crippen molar-refractivity contribution >= 4 is 11.9 Å². The van der Waals surface area contributed by atoms with Crippen molar-refractivity contribution in [3.8, 4) is 0 Å². The fourth-order valence-corrected chi connectivity index (χ4v) is 2.14. The van der Waals surface area contributed by atoms with Gasteiger partial charge in [-0.25, -0.2) is 0 Å². The van der Waals surface area contributed by atoms with Crippen LogP contribution in [-0.2, 0) is 9.59 Å². The fourth-order valence-electron chi connectivity index (χ4n) is 2.14. The fraction of sp³-hybridized carbons (Fsp3) is 0.833. The Hall–Kier alpha value is -1.10. The second-order valence-corrected chi connectivity index (χ2v) is 5.49. The van der Waals surface area contributed by atoms with Crippen LogP contribution in [0.25, 0.3) is 0 Å². The van der Waals surface area contributed by atoms with Gasteiger partial charge in [0.15, 0.2) is 0 Å². The van der Waals surface area contributed by atoms with Crippen molar-refractivity contribution in [3.05, 3.63) is 0 Å². The minimum atomic E-state index is -1.10. The standard InChI is InChI=1S/C12H21NO4/c1-12(2,8-4-3-5-8)7-13-9(11(16)17)6-10(14)15/h8-9,13H,3-7H2,1-2H3,(H,14,15)(H,16,17). The van der Waals surface area contributed by atoms with Gasteiger partial charge in [-0.1, -0.05) is 20.3 Å². The van der Waals surface area contributed by atoms with E-state index in [4.69, 9.17) is 10.2 Å². The Morgan fingerprint density at radius 3 is 2.29 bits per heavy atom. The quantitative estimate of drug-likeness (QED) is 0.628. The molecule has 1 fully saturated rings. The van der Waals surface area contributed by atoms with E-state index in [0.717, 1.165) is 0 Å². The van der Waals surface area contributed by atoms with Gasteiger partial charge in [0.1, 0.15) is 6.04 Å². The summed E-state index contributed by atoms with van der Waals surface area (Å²) in [4.78, 5) is 21.4. The molecule has 0 aromatic rings. The molecule has 1 saturated carbocycles. The summed E-state index contributed by atoms with van der Waals surface area (Å²) in [5.41, 5.74) is 0.0322. The SMILES string of the molecule is CC(C)(CNC(CC(=O)O)C(=O)O)C1CCC1. The van der Waals surface area contributed by atoms with Crippen molar-refractivity contribution in [2.45, 2.75) is 45.6 Å². The van der Waals surface area contributed by atoms with Crippen molar-refractivity contribution < 1.29 is 19.8 Å². The number of aliphatic carboxylic acids is 2. The van der Waals surface area contributed by atoms with Crippen LogP contribution in [0.15, 0.2) is 0 Å². The van der Waals surface area contributed by atoms with Gasteiger partial charge in [-0.2, -0.15) is 0 Å². The van der Waals surface area contributed by atoms with Gasteiger partial charge >= 0.3 is 11.9 Å². The van der Waals surface area contributed by atoms with Crippen molar-refractivity contribution in [2.24, 2.45) is 11.3 Å². The molecule has 1 aliphatic carbocycles. The largest absolute Gasteiger partial charge is 0.481 e. The number of carboxylic acids is 2. The molecule has 1 unspecified atom stereocenters. The summed E-state index contributed by atoms with van der Waals surface area (Å²) in [5.74, 6) is -1.57. The van der Waals surface area contributed by atoms with E-state index in [-0.39, 0.29) is 11.8 Å². The molecule has 0 heterocycles. The molecule has 0 amide bonds. The lowest BCUT2D eigenvalue weighted by atomic mass is 9.67. The second-order valence-electron chi connectivity index (χ2n) is 5.49. The predicted octanol–water partition coefficient (Wildman–Crippen LogP) is 1.33. The highest BCUT2D eigenvalue weighted by Gasteiger charge is 2.34. The Balaban J connectivity index is 2.44. The zero-order valence-electron chi connectivity index (χ0n) is 10.4. The molecule has 0 spiro atoms. The first-order chi connectivity index (χ1) is 7.83. The van der Waals surface area contributed by atoms with Crippen LogP contribution >= 0.6 is 0 Å².